The zero-order valence-corrected chi connectivity index (χ0v) is 13.2. The van der Waals surface area contributed by atoms with Crippen LogP contribution in [-0.2, 0) is 12.6 Å². The van der Waals surface area contributed by atoms with Crippen LogP contribution >= 0.6 is 0 Å². The summed E-state index contributed by atoms with van der Waals surface area (Å²) >= 11 is 0. The number of hydrogen-bond donors (Lipinski definition) is 1. The van der Waals surface area contributed by atoms with Gasteiger partial charge in [0.05, 0.1) is 5.56 Å². The van der Waals surface area contributed by atoms with Crippen molar-refractivity contribution < 1.29 is 13.2 Å². The van der Waals surface area contributed by atoms with Crippen molar-refractivity contribution in [2.45, 2.75) is 58.3 Å². The van der Waals surface area contributed by atoms with Gasteiger partial charge in [-0.1, -0.05) is 19.9 Å². The van der Waals surface area contributed by atoms with Gasteiger partial charge in [-0.05, 0) is 43.9 Å². The Labute approximate surface area is 125 Å². The molecule has 0 radical (unpaired) electrons. The first-order valence-corrected chi connectivity index (χ1v) is 7.39. The molecule has 0 heterocycles. The molecule has 2 nitrogen and oxygen atoms in total. The highest BCUT2D eigenvalue weighted by atomic mass is 19.4. The fraction of sp³-hybridized carbons (Fsp3) is 0.625. The van der Waals surface area contributed by atoms with Crippen LogP contribution in [0.1, 0.15) is 44.7 Å². The lowest BCUT2D eigenvalue weighted by Crippen LogP contribution is -2.32. The predicted molar refractivity (Wildman–Crippen MR) is 81.6 cm³/mol. The van der Waals surface area contributed by atoms with Crippen LogP contribution in [0.5, 0.6) is 0 Å². The molecule has 0 fully saturated rings. The van der Waals surface area contributed by atoms with Crippen LogP contribution in [0.4, 0.5) is 18.9 Å². The van der Waals surface area contributed by atoms with Gasteiger partial charge in [0.2, 0.25) is 0 Å². The molecule has 0 aliphatic heterocycles. The van der Waals surface area contributed by atoms with Crippen molar-refractivity contribution in [1.82, 2.24) is 0 Å². The van der Waals surface area contributed by atoms with Crippen LogP contribution in [0.3, 0.4) is 0 Å². The molecule has 1 unspecified atom stereocenters. The van der Waals surface area contributed by atoms with Gasteiger partial charge in [-0.15, -0.1) is 0 Å². The second-order valence-electron chi connectivity index (χ2n) is 5.61. The van der Waals surface area contributed by atoms with Crippen LogP contribution < -0.4 is 10.6 Å². The molecular weight excluding hydrogens is 277 g/mol. The molecule has 0 saturated heterocycles. The minimum Gasteiger partial charge on any atom is -0.371 e. The van der Waals surface area contributed by atoms with Crippen LogP contribution in [0.2, 0.25) is 0 Å². The van der Waals surface area contributed by atoms with Gasteiger partial charge in [-0.2, -0.15) is 13.2 Å². The molecule has 0 aliphatic rings. The third-order valence-corrected chi connectivity index (χ3v) is 3.79. The Balaban J connectivity index is 3.25. The van der Waals surface area contributed by atoms with Crippen molar-refractivity contribution in [2.24, 2.45) is 5.73 Å². The van der Waals surface area contributed by atoms with E-state index in [1.54, 1.807) is 31.0 Å². The van der Waals surface area contributed by atoms with Gasteiger partial charge < -0.3 is 10.6 Å². The maximum absolute atomic E-state index is 13.3. The van der Waals surface area contributed by atoms with E-state index in [0.29, 0.717) is 12.0 Å². The van der Waals surface area contributed by atoms with E-state index in [-0.39, 0.29) is 17.8 Å². The Morgan fingerprint density at radius 2 is 1.76 bits per heavy atom. The summed E-state index contributed by atoms with van der Waals surface area (Å²) < 4.78 is 40.0. The Kier molecular flexibility index (Phi) is 6.08. The molecule has 0 saturated carbocycles. The number of benzene rings is 1. The Morgan fingerprint density at radius 3 is 2.19 bits per heavy atom. The molecule has 120 valence electrons. The van der Waals surface area contributed by atoms with Gasteiger partial charge in [-0.25, -0.2) is 0 Å². The predicted octanol–water partition coefficient (Wildman–Crippen LogP) is 4.22. The Bertz CT molecular complexity index is 451. The normalized spacial score (nSPS) is 13.6. The Hall–Kier alpha value is -1.23. The molecule has 0 amide bonds. The van der Waals surface area contributed by atoms with Crippen molar-refractivity contribution in [3.05, 3.63) is 29.3 Å². The fourth-order valence-electron chi connectivity index (χ4n) is 2.65. The second-order valence-corrected chi connectivity index (χ2v) is 5.61. The molecule has 2 N–H and O–H groups in total. The summed E-state index contributed by atoms with van der Waals surface area (Å²) in [4.78, 5) is 1.73. The number of nitrogens with two attached hydrogens (primary N) is 1. The number of nitrogens with zero attached hydrogens (tertiary/aromatic N) is 1. The number of anilines is 1. The minimum absolute atomic E-state index is 0.102. The average Bonchev–Trinajstić information content (AvgIpc) is 2.38. The van der Waals surface area contributed by atoms with Crippen LogP contribution in [0, 0.1) is 0 Å². The van der Waals surface area contributed by atoms with Gasteiger partial charge >= 0.3 is 6.18 Å². The van der Waals surface area contributed by atoms with Gasteiger partial charge in [-0.3, -0.25) is 0 Å². The van der Waals surface area contributed by atoms with Gasteiger partial charge in [0.1, 0.15) is 0 Å². The molecule has 0 spiro atoms. The molecular formula is C16H25F3N2. The molecule has 1 atom stereocenters. The van der Waals surface area contributed by atoms with E-state index in [9.17, 15) is 13.2 Å². The van der Waals surface area contributed by atoms with Crippen molar-refractivity contribution in [2.75, 3.05) is 11.9 Å². The Morgan fingerprint density at radius 1 is 1.19 bits per heavy atom. The summed E-state index contributed by atoms with van der Waals surface area (Å²) in [5.74, 6) is 0. The molecule has 1 rings (SSSR count). The second kappa shape index (κ2) is 7.16. The van der Waals surface area contributed by atoms with E-state index in [1.165, 1.54) is 6.07 Å². The highest BCUT2D eigenvalue weighted by Crippen LogP contribution is 2.38. The van der Waals surface area contributed by atoms with Crippen LogP contribution in [0.25, 0.3) is 0 Å². The van der Waals surface area contributed by atoms with E-state index in [2.05, 4.69) is 0 Å². The quantitative estimate of drug-likeness (QED) is 0.852. The average molecular weight is 302 g/mol. The number of hydrogen-bond acceptors (Lipinski definition) is 2. The highest BCUT2D eigenvalue weighted by molar-refractivity contribution is 5.56. The monoisotopic (exact) mass is 302 g/mol. The fourth-order valence-corrected chi connectivity index (χ4v) is 2.65. The third-order valence-electron chi connectivity index (χ3n) is 3.79. The SMILES string of the molecule is CCC(CC)N(C)c1ccc(CC(C)N)cc1C(F)(F)F. The maximum Gasteiger partial charge on any atom is 0.418 e. The first-order valence-electron chi connectivity index (χ1n) is 7.39. The zero-order chi connectivity index (χ0) is 16.2. The first-order chi connectivity index (χ1) is 9.70. The minimum atomic E-state index is -4.36. The lowest BCUT2D eigenvalue weighted by molar-refractivity contribution is -0.137. The zero-order valence-electron chi connectivity index (χ0n) is 13.2. The third kappa shape index (κ3) is 4.63. The van der Waals surface area contributed by atoms with E-state index in [4.69, 9.17) is 5.73 Å². The summed E-state index contributed by atoms with van der Waals surface area (Å²) in [7, 11) is 1.73. The lowest BCUT2D eigenvalue weighted by atomic mass is 10.0. The van der Waals surface area contributed by atoms with Gasteiger partial charge in [0, 0.05) is 24.8 Å². The van der Waals surface area contributed by atoms with E-state index < -0.39 is 11.7 Å². The number of rotatable bonds is 6. The van der Waals surface area contributed by atoms with Gasteiger partial charge in [0.25, 0.3) is 0 Å². The summed E-state index contributed by atoms with van der Waals surface area (Å²) in [6.45, 7) is 5.77. The van der Waals surface area contributed by atoms with E-state index in [1.807, 2.05) is 13.8 Å². The van der Waals surface area contributed by atoms with Crippen molar-refractivity contribution in [3.63, 3.8) is 0 Å². The first kappa shape index (κ1) is 17.8. The molecule has 0 aromatic heterocycles. The topological polar surface area (TPSA) is 29.3 Å². The number of halogens is 3. The van der Waals surface area contributed by atoms with Crippen molar-refractivity contribution in [3.8, 4) is 0 Å². The van der Waals surface area contributed by atoms with Crippen LogP contribution in [-0.4, -0.2) is 19.1 Å². The molecule has 5 heteroatoms. The smallest absolute Gasteiger partial charge is 0.371 e. The largest absolute Gasteiger partial charge is 0.418 e. The summed E-state index contributed by atoms with van der Waals surface area (Å²) in [5, 5.41) is 0. The van der Waals surface area contributed by atoms with E-state index >= 15 is 0 Å². The van der Waals surface area contributed by atoms with Crippen molar-refractivity contribution in [1.29, 1.82) is 0 Å². The summed E-state index contributed by atoms with van der Waals surface area (Å²) in [6, 6.07) is 4.49. The standard InChI is InChI=1S/C16H25F3N2/c1-5-13(6-2)21(4)15-8-7-12(9-11(3)20)10-14(15)16(17,18)19/h7-8,10-11,13H,5-6,9,20H2,1-4H3. The molecule has 1 aromatic rings. The van der Waals surface area contributed by atoms with Crippen LogP contribution in [0.15, 0.2) is 18.2 Å². The molecule has 21 heavy (non-hydrogen) atoms. The summed E-state index contributed by atoms with van der Waals surface area (Å²) in [6.07, 6.45) is -2.29. The molecule has 0 bridgehead atoms. The highest BCUT2D eigenvalue weighted by Gasteiger charge is 2.35. The molecule has 1 aromatic carbocycles. The molecule has 0 aliphatic carbocycles. The number of alkyl halides is 3. The lowest BCUT2D eigenvalue weighted by Gasteiger charge is -2.31. The van der Waals surface area contributed by atoms with Crippen molar-refractivity contribution >= 4 is 5.69 Å². The van der Waals surface area contributed by atoms with E-state index in [0.717, 1.165) is 12.8 Å². The van der Waals surface area contributed by atoms with Gasteiger partial charge in [0.15, 0.2) is 0 Å². The summed E-state index contributed by atoms with van der Waals surface area (Å²) in [5.41, 5.74) is 5.97. The maximum atomic E-state index is 13.3.